The smallest absolute Gasteiger partial charge is 0.266 e. The van der Waals surface area contributed by atoms with Crippen LogP contribution in [0.2, 0.25) is 0 Å². The second-order valence-corrected chi connectivity index (χ2v) is 10.3. The summed E-state index contributed by atoms with van der Waals surface area (Å²) in [5.41, 5.74) is 2.48. The van der Waals surface area contributed by atoms with E-state index in [-0.39, 0.29) is 14.9 Å². The fraction of sp³-hybridized carbons (Fsp3) is 0.357. The second-order valence-electron chi connectivity index (χ2n) is 5.51. The van der Waals surface area contributed by atoms with E-state index in [2.05, 4.69) is 15.2 Å². The molecule has 0 unspecified atom stereocenters. The molecular formula is C14H18N4O4S3. The maximum Gasteiger partial charge on any atom is 0.266 e. The van der Waals surface area contributed by atoms with Gasteiger partial charge in [-0.15, -0.1) is 16.2 Å². The molecule has 2 aromatic heterocycles. The zero-order chi connectivity index (χ0) is 17.9. The van der Waals surface area contributed by atoms with Crippen LogP contribution in [0.15, 0.2) is 44.9 Å². The van der Waals surface area contributed by atoms with Crippen molar-refractivity contribution in [2.75, 3.05) is 18.5 Å². The largest absolute Gasteiger partial charge is 0.292 e. The van der Waals surface area contributed by atoms with Crippen LogP contribution in [-0.4, -0.2) is 39.2 Å². The number of aromatic nitrogens is 1. The number of rotatable bonds is 6. The first-order chi connectivity index (χ1) is 11.9. The van der Waals surface area contributed by atoms with Crippen molar-refractivity contribution in [2.24, 2.45) is 0 Å². The lowest BCUT2D eigenvalue weighted by molar-refractivity contribution is 0.346. The van der Waals surface area contributed by atoms with Crippen molar-refractivity contribution in [1.29, 1.82) is 0 Å². The third-order valence-corrected chi connectivity index (χ3v) is 8.29. The van der Waals surface area contributed by atoms with Gasteiger partial charge in [0, 0.05) is 19.3 Å². The quantitative estimate of drug-likeness (QED) is 0.711. The van der Waals surface area contributed by atoms with E-state index in [0.717, 1.165) is 30.6 Å². The summed E-state index contributed by atoms with van der Waals surface area (Å²) in [5, 5.41) is 1.66. The van der Waals surface area contributed by atoms with Gasteiger partial charge in [0.05, 0.1) is 0 Å². The van der Waals surface area contributed by atoms with Crippen LogP contribution in [0.4, 0.5) is 5.82 Å². The van der Waals surface area contributed by atoms with E-state index in [1.807, 2.05) is 0 Å². The first kappa shape index (κ1) is 18.3. The summed E-state index contributed by atoms with van der Waals surface area (Å²) >= 11 is 1.09. The number of anilines is 1. The van der Waals surface area contributed by atoms with E-state index >= 15 is 0 Å². The van der Waals surface area contributed by atoms with Gasteiger partial charge in [0.15, 0.2) is 0 Å². The summed E-state index contributed by atoms with van der Waals surface area (Å²) in [4.78, 5) is 6.29. The molecule has 3 heterocycles. The van der Waals surface area contributed by atoms with Gasteiger partial charge in [-0.05, 0) is 36.4 Å². The van der Waals surface area contributed by atoms with E-state index in [4.69, 9.17) is 0 Å². The fourth-order valence-electron chi connectivity index (χ4n) is 2.45. The van der Waals surface area contributed by atoms with Crippen LogP contribution in [-0.2, 0) is 20.0 Å². The highest BCUT2D eigenvalue weighted by atomic mass is 32.2. The standard InChI is InChI=1S/C14H18N4O4S3/c19-24(20,14-5-4-10-23-14)17-16-13-7-6-12(11-15-13)25(21,22)18-8-2-1-3-9-18/h4-7,10-11,17H,1-3,8-9H2,(H,15,16). The summed E-state index contributed by atoms with van der Waals surface area (Å²) in [7, 11) is -7.23. The number of sulfonamides is 2. The Balaban J connectivity index is 1.68. The van der Waals surface area contributed by atoms with Crippen LogP contribution in [0.25, 0.3) is 0 Å². The summed E-state index contributed by atoms with van der Waals surface area (Å²) in [6.45, 7) is 1.03. The number of thiophene rings is 1. The Morgan fingerprint density at radius 2 is 1.80 bits per heavy atom. The molecule has 8 nitrogen and oxygen atoms in total. The minimum absolute atomic E-state index is 0.0982. The summed E-state index contributed by atoms with van der Waals surface area (Å²) < 4.78 is 50.7. The topological polar surface area (TPSA) is 108 Å². The van der Waals surface area contributed by atoms with Gasteiger partial charge >= 0.3 is 0 Å². The van der Waals surface area contributed by atoms with Crippen LogP contribution in [0.1, 0.15) is 19.3 Å². The van der Waals surface area contributed by atoms with Crippen molar-refractivity contribution in [3.8, 4) is 0 Å². The number of hydrogen-bond acceptors (Lipinski definition) is 7. The van der Waals surface area contributed by atoms with Crippen LogP contribution < -0.4 is 10.3 Å². The van der Waals surface area contributed by atoms with Crippen molar-refractivity contribution in [3.05, 3.63) is 35.8 Å². The lowest BCUT2D eigenvalue weighted by Crippen LogP contribution is -2.35. The maximum atomic E-state index is 12.5. The van der Waals surface area contributed by atoms with Gasteiger partial charge in [-0.2, -0.15) is 4.31 Å². The summed E-state index contributed by atoms with van der Waals surface area (Å²) in [6, 6.07) is 5.96. The molecular weight excluding hydrogens is 384 g/mol. The first-order valence-electron chi connectivity index (χ1n) is 7.67. The molecule has 1 fully saturated rings. The molecule has 0 radical (unpaired) electrons. The number of nitrogens with zero attached hydrogens (tertiary/aromatic N) is 2. The van der Waals surface area contributed by atoms with Gasteiger partial charge in [-0.1, -0.05) is 12.5 Å². The Labute approximate surface area is 151 Å². The minimum atomic E-state index is -3.68. The van der Waals surface area contributed by atoms with Crippen molar-refractivity contribution in [2.45, 2.75) is 28.4 Å². The van der Waals surface area contributed by atoms with Gasteiger partial charge in [0.1, 0.15) is 14.9 Å². The molecule has 3 rings (SSSR count). The molecule has 1 aliphatic rings. The normalized spacial score (nSPS) is 16.6. The van der Waals surface area contributed by atoms with Gasteiger partial charge in [0.25, 0.3) is 10.0 Å². The minimum Gasteiger partial charge on any atom is -0.292 e. The van der Waals surface area contributed by atoms with Crippen molar-refractivity contribution in [3.63, 3.8) is 0 Å². The third-order valence-electron chi connectivity index (χ3n) is 3.76. The number of hydrogen-bond donors (Lipinski definition) is 2. The zero-order valence-corrected chi connectivity index (χ0v) is 15.7. The molecule has 136 valence electrons. The highest BCUT2D eigenvalue weighted by molar-refractivity contribution is 7.91. The molecule has 0 aromatic carbocycles. The number of pyridine rings is 1. The third kappa shape index (κ3) is 4.18. The first-order valence-corrected chi connectivity index (χ1v) is 11.5. The predicted octanol–water partition coefficient (Wildman–Crippen LogP) is 1.62. The van der Waals surface area contributed by atoms with E-state index in [0.29, 0.717) is 13.1 Å². The number of nitrogens with one attached hydrogen (secondary N) is 2. The highest BCUT2D eigenvalue weighted by Crippen LogP contribution is 2.21. The van der Waals surface area contributed by atoms with E-state index in [1.54, 1.807) is 11.4 Å². The van der Waals surface area contributed by atoms with E-state index in [1.165, 1.54) is 28.7 Å². The maximum absolute atomic E-state index is 12.5. The lowest BCUT2D eigenvalue weighted by atomic mass is 10.2. The van der Waals surface area contributed by atoms with Crippen LogP contribution >= 0.6 is 11.3 Å². The Morgan fingerprint density at radius 3 is 2.40 bits per heavy atom. The van der Waals surface area contributed by atoms with Crippen molar-refractivity contribution < 1.29 is 16.8 Å². The molecule has 0 bridgehead atoms. The molecule has 0 spiro atoms. The lowest BCUT2D eigenvalue weighted by Gasteiger charge is -2.25. The van der Waals surface area contributed by atoms with Crippen LogP contribution in [0, 0.1) is 0 Å². The molecule has 0 aliphatic carbocycles. The summed E-state index contributed by atoms with van der Waals surface area (Å²) in [5.74, 6) is 0.206. The molecule has 0 atom stereocenters. The van der Waals surface area contributed by atoms with Gasteiger partial charge in [-0.25, -0.2) is 21.8 Å². The molecule has 0 saturated carbocycles. The molecule has 2 N–H and O–H groups in total. The number of hydrazine groups is 1. The number of piperidine rings is 1. The summed E-state index contributed by atoms with van der Waals surface area (Å²) in [6.07, 6.45) is 3.98. The molecule has 1 aliphatic heterocycles. The molecule has 11 heteroatoms. The van der Waals surface area contributed by atoms with Gasteiger partial charge in [0.2, 0.25) is 10.0 Å². The van der Waals surface area contributed by atoms with Crippen molar-refractivity contribution in [1.82, 2.24) is 14.1 Å². The van der Waals surface area contributed by atoms with E-state index in [9.17, 15) is 16.8 Å². The van der Waals surface area contributed by atoms with Crippen LogP contribution in [0.5, 0.6) is 0 Å². The predicted molar refractivity (Wildman–Crippen MR) is 95.1 cm³/mol. The molecule has 0 amide bonds. The Kier molecular flexibility index (Phi) is 5.39. The Bertz CT molecular complexity index is 903. The average Bonchev–Trinajstić information content (AvgIpc) is 3.17. The fourth-order valence-corrected chi connectivity index (χ4v) is 5.75. The van der Waals surface area contributed by atoms with Gasteiger partial charge < -0.3 is 0 Å². The SMILES string of the molecule is O=S(=O)(NNc1ccc(S(=O)(=O)N2CCCCC2)cn1)c1cccs1. The van der Waals surface area contributed by atoms with E-state index < -0.39 is 20.0 Å². The van der Waals surface area contributed by atoms with Gasteiger partial charge in [-0.3, -0.25) is 5.43 Å². The molecule has 25 heavy (non-hydrogen) atoms. The molecule has 1 saturated heterocycles. The van der Waals surface area contributed by atoms with Crippen LogP contribution in [0.3, 0.4) is 0 Å². The molecule has 2 aromatic rings. The second kappa shape index (κ2) is 7.38. The monoisotopic (exact) mass is 402 g/mol. The highest BCUT2D eigenvalue weighted by Gasteiger charge is 2.26. The Morgan fingerprint density at radius 1 is 1.04 bits per heavy atom. The Hall–Kier alpha value is -1.53. The zero-order valence-electron chi connectivity index (χ0n) is 13.3. The average molecular weight is 403 g/mol. The van der Waals surface area contributed by atoms with Crippen molar-refractivity contribution >= 4 is 37.2 Å².